The van der Waals surface area contributed by atoms with Gasteiger partial charge >= 0.3 is 12.1 Å². The molecule has 0 fully saturated rings. The highest BCUT2D eigenvalue weighted by atomic mass is 32.1. The van der Waals surface area contributed by atoms with Crippen molar-refractivity contribution in [2.45, 2.75) is 71.7 Å². The van der Waals surface area contributed by atoms with E-state index < -0.39 is 41.6 Å². The number of hydrogen-bond acceptors (Lipinski definition) is 7. The Labute approximate surface area is 207 Å². The van der Waals surface area contributed by atoms with Gasteiger partial charge in [-0.3, -0.25) is 14.4 Å². The Balaban J connectivity index is 3.43. The van der Waals surface area contributed by atoms with Crippen LogP contribution in [0, 0.1) is 6.92 Å². The number of rotatable bonds is 10. The Morgan fingerprint density at radius 1 is 1.15 bits per heavy atom. The lowest BCUT2D eigenvalue weighted by atomic mass is 9.96. The summed E-state index contributed by atoms with van der Waals surface area (Å²) in [5, 5.41) is 5.13. The van der Waals surface area contributed by atoms with Crippen LogP contribution in [0.1, 0.15) is 58.2 Å². The van der Waals surface area contributed by atoms with Gasteiger partial charge in [0.2, 0.25) is 11.8 Å². The van der Waals surface area contributed by atoms with E-state index in [9.17, 15) is 19.2 Å². The molecule has 0 aliphatic heterocycles. The minimum atomic E-state index is -1.05. The van der Waals surface area contributed by atoms with Crippen LogP contribution >= 0.6 is 12.6 Å². The number of aryl methyl sites for hydroxylation is 1. The lowest BCUT2D eigenvalue weighted by Gasteiger charge is -2.38. The van der Waals surface area contributed by atoms with Crippen LogP contribution in [-0.2, 0) is 23.9 Å². The van der Waals surface area contributed by atoms with Gasteiger partial charge < -0.3 is 25.0 Å². The molecule has 3 unspecified atom stereocenters. The molecule has 0 aliphatic rings. The number of ether oxygens (including phenoxy) is 2. The van der Waals surface area contributed by atoms with Crippen molar-refractivity contribution in [3.63, 3.8) is 0 Å². The van der Waals surface area contributed by atoms with Crippen LogP contribution in [0.5, 0.6) is 0 Å². The number of alkyl carbamates (subject to hydrolysis) is 1. The number of benzene rings is 1. The summed E-state index contributed by atoms with van der Waals surface area (Å²) in [6.45, 7) is 10.4. The Morgan fingerprint density at radius 3 is 2.26 bits per heavy atom. The molecule has 0 saturated heterocycles. The van der Waals surface area contributed by atoms with Crippen LogP contribution in [0.2, 0.25) is 0 Å². The Hall–Kier alpha value is -2.75. The SMILES string of the molecule is CCC(C)N(C(=O)C(CS)NC(=O)OC(C)(C)C)C(C(=O)NCC(=O)OC)c1ccccc1C. The molecular formula is C24H37N3O6S. The lowest BCUT2D eigenvalue weighted by molar-refractivity contribution is -0.146. The summed E-state index contributed by atoms with van der Waals surface area (Å²) >= 11 is 4.26. The number of carbonyl (C=O) groups is 4. The second-order valence-electron chi connectivity index (χ2n) is 8.94. The topological polar surface area (TPSA) is 114 Å². The Morgan fingerprint density at radius 2 is 1.76 bits per heavy atom. The zero-order valence-corrected chi connectivity index (χ0v) is 21.9. The van der Waals surface area contributed by atoms with Crippen LogP contribution in [0.25, 0.3) is 0 Å². The summed E-state index contributed by atoms with van der Waals surface area (Å²) in [6.07, 6.45) is -0.212. The summed E-state index contributed by atoms with van der Waals surface area (Å²) in [7, 11) is 1.22. The molecule has 1 aromatic carbocycles. The second-order valence-corrected chi connectivity index (χ2v) is 9.30. The van der Waals surface area contributed by atoms with Crippen molar-refractivity contribution in [2.24, 2.45) is 0 Å². The normalized spacial score (nSPS) is 13.8. The number of nitrogens with zero attached hydrogens (tertiary/aromatic N) is 1. The molecule has 0 aromatic heterocycles. The van der Waals surface area contributed by atoms with E-state index in [-0.39, 0.29) is 18.3 Å². The van der Waals surface area contributed by atoms with Gasteiger partial charge in [-0.05, 0) is 52.2 Å². The van der Waals surface area contributed by atoms with Gasteiger partial charge in [0.1, 0.15) is 24.2 Å². The van der Waals surface area contributed by atoms with Gasteiger partial charge in [0.15, 0.2) is 0 Å². The minimum absolute atomic E-state index is 0.00468. The molecule has 0 spiro atoms. The van der Waals surface area contributed by atoms with Crippen LogP contribution in [0.4, 0.5) is 4.79 Å². The van der Waals surface area contributed by atoms with Crippen molar-refractivity contribution in [3.05, 3.63) is 35.4 Å². The van der Waals surface area contributed by atoms with Crippen molar-refractivity contribution >= 4 is 36.5 Å². The smallest absolute Gasteiger partial charge is 0.408 e. The second kappa shape index (κ2) is 13.2. The zero-order valence-electron chi connectivity index (χ0n) is 21.0. The van der Waals surface area contributed by atoms with Crippen LogP contribution in [0.15, 0.2) is 24.3 Å². The van der Waals surface area contributed by atoms with Gasteiger partial charge in [-0.2, -0.15) is 12.6 Å². The fourth-order valence-electron chi connectivity index (χ4n) is 3.25. The summed E-state index contributed by atoms with van der Waals surface area (Å²) in [5.74, 6) is -1.65. The highest BCUT2D eigenvalue weighted by molar-refractivity contribution is 7.80. The van der Waals surface area contributed by atoms with Crippen molar-refractivity contribution in [3.8, 4) is 0 Å². The van der Waals surface area contributed by atoms with Crippen LogP contribution < -0.4 is 10.6 Å². The third-order valence-electron chi connectivity index (χ3n) is 5.14. The first-order valence-electron chi connectivity index (χ1n) is 11.2. The summed E-state index contributed by atoms with van der Waals surface area (Å²) < 4.78 is 9.91. The van der Waals surface area contributed by atoms with Gasteiger partial charge in [0.05, 0.1) is 7.11 Å². The number of esters is 1. The minimum Gasteiger partial charge on any atom is -0.468 e. The molecule has 0 bridgehead atoms. The molecule has 0 saturated carbocycles. The molecule has 0 heterocycles. The molecule has 1 aromatic rings. The van der Waals surface area contributed by atoms with Gasteiger partial charge in [0, 0.05) is 11.8 Å². The number of hydrogen-bond donors (Lipinski definition) is 3. The molecule has 34 heavy (non-hydrogen) atoms. The summed E-state index contributed by atoms with van der Waals surface area (Å²) in [6, 6.07) is 4.75. The maximum Gasteiger partial charge on any atom is 0.408 e. The van der Waals surface area contributed by atoms with Gasteiger partial charge in [0.25, 0.3) is 0 Å². The van der Waals surface area contributed by atoms with Crippen LogP contribution in [0.3, 0.4) is 0 Å². The highest BCUT2D eigenvalue weighted by Gasteiger charge is 2.38. The first kappa shape index (κ1) is 29.3. The Bertz CT molecular complexity index is 871. The molecule has 2 N–H and O–H groups in total. The third-order valence-corrected chi connectivity index (χ3v) is 5.50. The first-order chi connectivity index (χ1) is 15.9. The van der Waals surface area contributed by atoms with Crippen LogP contribution in [-0.4, -0.2) is 65.9 Å². The predicted octanol–water partition coefficient (Wildman–Crippen LogP) is 2.78. The van der Waals surface area contributed by atoms with Gasteiger partial charge in [-0.15, -0.1) is 0 Å². The fourth-order valence-corrected chi connectivity index (χ4v) is 3.50. The van der Waals surface area contributed by atoms with E-state index in [0.29, 0.717) is 12.0 Å². The van der Waals surface area contributed by atoms with Crippen molar-refractivity contribution in [1.29, 1.82) is 0 Å². The van der Waals surface area contributed by atoms with E-state index >= 15 is 0 Å². The molecule has 3 atom stereocenters. The van der Waals surface area contributed by atoms with E-state index in [2.05, 4.69) is 28.0 Å². The van der Waals surface area contributed by atoms with E-state index in [0.717, 1.165) is 5.56 Å². The molecule has 190 valence electrons. The average molecular weight is 496 g/mol. The zero-order chi connectivity index (χ0) is 26.1. The fraction of sp³-hybridized carbons (Fsp3) is 0.583. The molecule has 9 nitrogen and oxygen atoms in total. The highest BCUT2D eigenvalue weighted by Crippen LogP contribution is 2.28. The van der Waals surface area contributed by atoms with Crippen molar-refractivity contribution < 1.29 is 28.7 Å². The maximum atomic E-state index is 13.7. The van der Waals surface area contributed by atoms with E-state index in [1.165, 1.54) is 12.0 Å². The molecule has 1 rings (SSSR count). The van der Waals surface area contributed by atoms with E-state index in [1.54, 1.807) is 32.9 Å². The number of thiol groups is 1. The molecule has 0 radical (unpaired) electrons. The molecule has 10 heteroatoms. The first-order valence-corrected chi connectivity index (χ1v) is 11.8. The van der Waals surface area contributed by atoms with Crippen molar-refractivity contribution in [1.82, 2.24) is 15.5 Å². The van der Waals surface area contributed by atoms with E-state index in [4.69, 9.17) is 4.74 Å². The quantitative estimate of drug-likeness (QED) is 0.340. The third kappa shape index (κ3) is 8.55. The summed E-state index contributed by atoms with van der Waals surface area (Å²) in [5.41, 5.74) is 0.653. The number of amides is 3. The standard InChI is InChI=1S/C24H37N3O6S/c1-8-16(3)27(22(30)18(14-34)26-23(31)33-24(4,5)6)20(17-12-10-9-11-15(17)2)21(29)25-13-19(28)32-7/h9-12,16,18,20,34H,8,13-14H2,1-7H3,(H,25,29)(H,26,31). The molecule has 0 aliphatic carbocycles. The molecular weight excluding hydrogens is 458 g/mol. The van der Waals surface area contributed by atoms with Gasteiger partial charge in [-0.1, -0.05) is 31.2 Å². The maximum absolute atomic E-state index is 13.7. The lowest BCUT2D eigenvalue weighted by Crippen LogP contribution is -2.56. The van der Waals surface area contributed by atoms with Crippen molar-refractivity contribution in [2.75, 3.05) is 19.4 Å². The number of methoxy groups -OCH3 is 1. The Kier molecular flexibility index (Phi) is 11.4. The molecule has 3 amide bonds. The van der Waals surface area contributed by atoms with E-state index in [1.807, 2.05) is 32.9 Å². The predicted molar refractivity (Wildman–Crippen MR) is 133 cm³/mol. The average Bonchev–Trinajstić information content (AvgIpc) is 2.77. The van der Waals surface area contributed by atoms with Gasteiger partial charge in [-0.25, -0.2) is 4.79 Å². The number of nitrogens with one attached hydrogen (secondary N) is 2. The monoisotopic (exact) mass is 495 g/mol. The largest absolute Gasteiger partial charge is 0.468 e. The number of carbonyl (C=O) groups excluding carboxylic acids is 4. The summed E-state index contributed by atoms with van der Waals surface area (Å²) in [4.78, 5) is 52.5.